The van der Waals surface area contributed by atoms with E-state index in [0.717, 1.165) is 18.4 Å². The Balaban J connectivity index is 1.86. The highest BCUT2D eigenvalue weighted by Crippen LogP contribution is 2.18. The van der Waals surface area contributed by atoms with Crippen LogP contribution in [0.1, 0.15) is 37.7 Å². The molecule has 0 bridgehead atoms. The Morgan fingerprint density at radius 2 is 2.18 bits per heavy atom. The maximum Gasteiger partial charge on any atom is 0.224 e. The van der Waals surface area contributed by atoms with Crippen LogP contribution in [0.15, 0.2) is 18.3 Å². The first-order valence-corrected chi connectivity index (χ1v) is 6.52. The van der Waals surface area contributed by atoms with E-state index in [0.29, 0.717) is 17.6 Å². The van der Waals surface area contributed by atoms with Crippen LogP contribution in [0.4, 0.5) is 0 Å². The van der Waals surface area contributed by atoms with Gasteiger partial charge in [0.05, 0.1) is 6.42 Å². The van der Waals surface area contributed by atoms with Crippen molar-refractivity contribution < 1.29 is 4.79 Å². The van der Waals surface area contributed by atoms with E-state index < -0.39 is 0 Å². The zero-order valence-corrected chi connectivity index (χ0v) is 10.5. The fraction of sp³-hybridized carbons (Fsp3) is 0.538. The van der Waals surface area contributed by atoms with Crippen LogP contribution in [0.3, 0.4) is 0 Å². The maximum atomic E-state index is 11.8. The largest absolute Gasteiger partial charge is 0.353 e. The van der Waals surface area contributed by atoms with Crippen molar-refractivity contribution in [3.05, 3.63) is 29.0 Å². The van der Waals surface area contributed by atoms with Crippen molar-refractivity contribution in [2.24, 2.45) is 0 Å². The average molecular weight is 253 g/mol. The van der Waals surface area contributed by atoms with Gasteiger partial charge in [-0.25, -0.2) is 4.98 Å². The molecule has 1 fully saturated rings. The van der Waals surface area contributed by atoms with E-state index in [4.69, 9.17) is 11.6 Å². The summed E-state index contributed by atoms with van der Waals surface area (Å²) in [4.78, 5) is 15.8. The predicted octanol–water partition coefficient (Wildman–Crippen LogP) is 2.73. The molecular weight excluding hydrogens is 236 g/mol. The van der Waals surface area contributed by atoms with Crippen molar-refractivity contribution in [2.75, 3.05) is 0 Å². The first kappa shape index (κ1) is 12.4. The van der Waals surface area contributed by atoms with Crippen LogP contribution < -0.4 is 5.32 Å². The second-order valence-electron chi connectivity index (χ2n) is 4.53. The molecule has 3 nitrogen and oxygen atoms in total. The van der Waals surface area contributed by atoms with E-state index in [9.17, 15) is 4.79 Å². The van der Waals surface area contributed by atoms with Gasteiger partial charge in [0.1, 0.15) is 5.15 Å². The SMILES string of the molecule is O=C(Cc1cccnc1Cl)NC1CCCCC1. The minimum atomic E-state index is 0.0480. The standard InChI is InChI=1S/C13H17ClN2O/c14-13-10(5-4-8-15-13)9-12(17)16-11-6-2-1-3-7-11/h4-5,8,11H,1-3,6-7,9H2,(H,16,17). The summed E-state index contributed by atoms with van der Waals surface area (Å²) < 4.78 is 0. The molecular formula is C13H17ClN2O. The van der Waals surface area contributed by atoms with Gasteiger partial charge in [-0.15, -0.1) is 0 Å². The lowest BCUT2D eigenvalue weighted by Crippen LogP contribution is -2.37. The van der Waals surface area contributed by atoms with Crippen molar-refractivity contribution in [1.82, 2.24) is 10.3 Å². The van der Waals surface area contributed by atoms with Gasteiger partial charge >= 0.3 is 0 Å². The number of nitrogens with zero attached hydrogens (tertiary/aromatic N) is 1. The fourth-order valence-corrected chi connectivity index (χ4v) is 2.44. The van der Waals surface area contributed by atoms with E-state index in [1.807, 2.05) is 6.07 Å². The summed E-state index contributed by atoms with van der Waals surface area (Å²) in [6.45, 7) is 0. The molecule has 0 saturated heterocycles. The van der Waals surface area contributed by atoms with Crippen LogP contribution in [0.5, 0.6) is 0 Å². The van der Waals surface area contributed by atoms with E-state index in [1.165, 1.54) is 19.3 Å². The van der Waals surface area contributed by atoms with Gasteiger partial charge in [0, 0.05) is 12.2 Å². The third-order valence-corrected chi connectivity index (χ3v) is 3.50. The number of hydrogen-bond acceptors (Lipinski definition) is 2. The molecule has 17 heavy (non-hydrogen) atoms. The van der Waals surface area contributed by atoms with Gasteiger partial charge in [0.2, 0.25) is 5.91 Å². The molecule has 0 spiro atoms. The Bertz CT molecular complexity index is 389. The summed E-state index contributed by atoms with van der Waals surface area (Å²) in [5, 5.41) is 3.49. The van der Waals surface area contributed by atoms with Crippen LogP contribution in [0, 0.1) is 0 Å². The number of carbonyl (C=O) groups excluding carboxylic acids is 1. The topological polar surface area (TPSA) is 42.0 Å². The Kier molecular flexibility index (Phi) is 4.37. The van der Waals surface area contributed by atoms with Gasteiger partial charge in [-0.05, 0) is 24.5 Å². The summed E-state index contributed by atoms with van der Waals surface area (Å²) in [5.41, 5.74) is 0.794. The fourth-order valence-electron chi connectivity index (χ4n) is 2.25. The maximum absolute atomic E-state index is 11.8. The number of hydrogen-bond donors (Lipinski definition) is 1. The molecule has 1 aliphatic rings. The molecule has 1 saturated carbocycles. The number of carbonyl (C=O) groups is 1. The summed E-state index contributed by atoms with van der Waals surface area (Å²) in [6.07, 6.45) is 7.89. The first-order valence-electron chi connectivity index (χ1n) is 6.14. The minimum Gasteiger partial charge on any atom is -0.353 e. The Morgan fingerprint density at radius 3 is 2.88 bits per heavy atom. The van der Waals surface area contributed by atoms with E-state index >= 15 is 0 Å². The van der Waals surface area contributed by atoms with Crippen molar-refractivity contribution in [1.29, 1.82) is 0 Å². The monoisotopic (exact) mass is 252 g/mol. The molecule has 0 aromatic carbocycles. The molecule has 1 amide bonds. The number of nitrogens with one attached hydrogen (secondary N) is 1. The second kappa shape index (κ2) is 6.01. The van der Waals surface area contributed by atoms with Gasteiger partial charge in [0.15, 0.2) is 0 Å². The molecule has 2 rings (SSSR count). The Hall–Kier alpha value is -1.09. The highest BCUT2D eigenvalue weighted by Gasteiger charge is 2.16. The highest BCUT2D eigenvalue weighted by molar-refractivity contribution is 6.30. The van der Waals surface area contributed by atoms with Crippen LogP contribution >= 0.6 is 11.6 Å². The van der Waals surface area contributed by atoms with E-state index in [-0.39, 0.29) is 5.91 Å². The Morgan fingerprint density at radius 1 is 1.41 bits per heavy atom. The zero-order chi connectivity index (χ0) is 12.1. The van der Waals surface area contributed by atoms with Crippen LogP contribution in [-0.4, -0.2) is 16.9 Å². The molecule has 1 aliphatic carbocycles. The number of aromatic nitrogens is 1. The molecule has 0 aliphatic heterocycles. The molecule has 1 aromatic rings. The van der Waals surface area contributed by atoms with Gasteiger partial charge in [0.25, 0.3) is 0 Å². The first-order chi connectivity index (χ1) is 8.25. The highest BCUT2D eigenvalue weighted by atomic mass is 35.5. The normalized spacial score (nSPS) is 16.8. The molecule has 1 heterocycles. The molecule has 0 unspecified atom stereocenters. The third kappa shape index (κ3) is 3.70. The van der Waals surface area contributed by atoms with E-state index in [1.54, 1.807) is 12.3 Å². The summed E-state index contributed by atoms with van der Waals surface area (Å²) in [5.74, 6) is 0.0480. The quantitative estimate of drug-likeness (QED) is 0.841. The summed E-state index contributed by atoms with van der Waals surface area (Å²) in [6, 6.07) is 4.00. The van der Waals surface area contributed by atoms with Gasteiger partial charge in [-0.3, -0.25) is 4.79 Å². The van der Waals surface area contributed by atoms with Gasteiger partial charge in [-0.2, -0.15) is 0 Å². The van der Waals surface area contributed by atoms with Gasteiger partial charge in [-0.1, -0.05) is 36.9 Å². The molecule has 92 valence electrons. The van der Waals surface area contributed by atoms with E-state index in [2.05, 4.69) is 10.3 Å². The van der Waals surface area contributed by atoms with Crippen molar-refractivity contribution in [3.8, 4) is 0 Å². The van der Waals surface area contributed by atoms with Gasteiger partial charge < -0.3 is 5.32 Å². The number of halogens is 1. The lowest BCUT2D eigenvalue weighted by atomic mass is 9.95. The van der Waals surface area contributed by atoms with Crippen LogP contribution in [0.25, 0.3) is 0 Å². The predicted molar refractivity (Wildman–Crippen MR) is 68.0 cm³/mol. The van der Waals surface area contributed by atoms with Crippen LogP contribution in [0.2, 0.25) is 5.15 Å². The lowest BCUT2D eigenvalue weighted by Gasteiger charge is -2.22. The van der Waals surface area contributed by atoms with Crippen molar-refractivity contribution in [3.63, 3.8) is 0 Å². The number of pyridine rings is 1. The molecule has 1 aromatic heterocycles. The van der Waals surface area contributed by atoms with Crippen LogP contribution in [-0.2, 0) is 11.2 Å². The molecule has 0 radical (unpaired) electrons. The minimum absolute atomic E-state index is 0.0480. The smallest absolute Gasteiger partial charge is 0.224 e. The molecule has 0 atom stereocenters. The zero-order valence-electron chi connectivity index (χ0n) is 9.79. The lowest BCUT2D eigenvalue weighted by molar-refractivity contribution is -0.121. The van der Waals surface area contributed by atoms with Crippen molar-refractivity contribution >= 4 is 17.5 Å². The molecule has 4 heteroatoms. The summed E-state index contributed by atoms with van der Waals surface area (Å²) >= 11 is 5.92. The molecule has 1 N–H and O–H groups in total. The second-order valence-corrected chi connectivity index (χ2v) is 4.89. The number of amides is 1. The van der Waals surface area contributed by atoms with Crippen molar-refractivity contribution in [2.45, 2.75) is 44.6 Å². The number of rotatable bonds is 3. The summed E-state index contributed by atoms with van der Waals surface area (Å²) in [7, 11) is 0. The average Bonchev–Trinajstić information content (AvgIpc) is 2.33. The third-order valence-electron chi connectivity index (χ3n) is 3.16. The Labute approximate surface area is 107 Å².